The number of hydrogen-bond donors (Lipinski definition) is 1. The normalized spacial score (nSPS) is 10.8. The first-order valence-corrected chi connectivity index (χ1v) is 10.5. The molecule has 0 aliphatic rings. The number of nitrogens with one attached hydrogen (secondary N) is 1. The van der Waals surface area contributed by atoms with Gasteiger partial charge in [-0.2, -0.15) is 5.26 Å². The van der Waals surface area contributed by atoms with Crippen molar-refractivity contribution < 1.29 is 13.9 Å². The number of amides is 1. The van der Waals surface area contributed by atoms with Crippen LogP contribution in [0.1, 0.15) is 16.8 Å². The summed E-state index contributed by atoms with van der Waals surface area (Å²) in [7, 11) is 1.61. The smallest absolute Gasteiger partial charge is 0.257 e. The van der Waals surface area contributed by atoms with Gasteiger partial charge >= 0.3 is 0 Å². The molecule has 4 rings (SSSR count). The van der Waals surface area contributed by atoms with E-state index in [-0.39, 0.29) is 11.7 Å². The van der Waals surface area contributed by atoms with Crippen LogP contribution in [0, 0.1) is 25.2 Å². The number of anilines is 1. The van der Waals surface area contributed by atoms with Crippen LogP contribution in [-0.4, -0.2) is 28.3 Å². The number of fused-ring (bicyclic) bond motifs is 1. The Morgan fingerprint density at radius 2 is 1.97 bits per heavy atom. The zero-order valence-electron chi connectivity index (χ0n) is 17.3. The number of aromatic nitrogens is 2. The first-order valence-electron chi connectivity index (χ1n) is 9.56. The van der Waals surface area contributed by atoms with Crippen LogP contribution in [0.4, 0.5) is 5.82 Å². The zero-order valence-corrected chi connectivity index (χ0v) is 18.1. The molecule has 0 saturated carbocycles. The third-order valence-corrected chi connectivity index (χ3v) is 5.84. The van der Waals surface area contributed by atoms with Crippen LogP contribution in [0.15, 0.2) is 58.2 Å². The molecule has 2 aromatic carbocycles. The maximum absolute atomic E-state index is 12.7. The van der Waals surface area contributed by atoms with Crippen LogP contribution in [0.5, 0.6) is 5.75 Å². The van der Waals surface area contributed by atoms with Crippen LogP contribution < -0.4 is 10.1 Å². The molecule has 0 saturated heterocycles. The summed E-state index contributed by atoms with van der Waals surface area (Å²) in [6, 6.07) is 17.1. The van der Waals surface area contributed by atoms with E-state index in [9.17, 15) is 10.1 Å². The summed E-state index contributed by atoms with van der Waals surface area (Å²) < 4.78 is 12.8. The van der Waals surface area contributed by atoms with Gasteiger partial charge in [0.25, 0.3) is 5.22 Å². The van der Waals surface area contributed by atoms with Crippen molar-refractivity contribution in [2.24, 2.45) is 0 Å². The molecule has 0 radical (unpaired) electrons. The summed E-state index contributed by atoms with van der Waals surface area (Å²) in [5, 5.41) is 13.0. The molecule has 8 heteroatoms. The van der Waals surface area contributed by atoms with Gasteiger partial charge in [0.05, 0.1) is 18.4 Å². The molecule has 1 N–H and O–H groups in total. The Hall–Kier alpha value is -3.70. The fourth-order valence-corrected chi connectivity index (χ4v) is 3.96. The highest BCUT2D eigenvalue weighted by Gasteiger charge is 2.21. The molecule has 4 aromatic rings. The lowest BCUT2D eigenvalue weighted by atomic mass is 10.2. The zero-order chi connectivity index (χ0) is 22.0. The number of methoxy groups -OCH3 is 1. The van der Waals surface area contributed by atoms with E-state index in [4.69, 9.17) is 9.15 Å². The molecule has 2 heterocycles. The first kappa shape index (κ1) is 20.6. The van der Waals surface area contributed by atoms with Gasteiger partial charge in [0.15, 0.2) is 5.58 Å². The second-order valence-corrected chi connectivity index (χ2v) is 7.79. The molecule has 156 valence electrons. The lowest BCUT2D eigenvalue weighted by Gasteiger charge is -2.13. The predicted octanol–water partition coefficient (Wildman–Crippen LogP) is 4.85. The van der Waals surface area contributed by atoms with E-state index >= 15 is 0 Å². The van der Waals surface area contributed by atoms with E-state index in [2.05, 4.69) is 16.4 Å². The van der Waals surface area contributed by atoms with Crippen molar-refractivity contribution in [3.8, 4) is 17.5 Å². The largest absolute Gasteiger partial charge is 0.497 e. The first-order chi connectivity index (χ1) is 15.0. The van der Waals surface area contributed by atoms with E-state index in [0.29, 0.717) is 22.2 Å². The van der Waals surface area contributed by atoms with Gasteiger partial charge in [-0.05, 0) is 55.8 Å². The molecule has 0 bridgehead atoms. The molecule has 1 amide bonds. The van der Waals surface area contributed by atoms with Crippen molar-refractivity contribution in [1.82, 2.24) is 9.55 Å². The number of benzene rings is 2. The summed E-state index contributed by atoms with van der Waals surface area (Å²) in [5.74, 6) is 1.02. The quantitative estimate of drug-likeness (QED) is 0.438. The number of thioether (sulfide) groups is 1. The highest BCUT2D eigenvalue weighted by molar-refractivity contribution is 7.99. The predicted molar refractivity (Wildman–Crippen MR) is 120 cm³/mol. The molecular formula is C23H20N4O3S. The Morgan fingerprint density at radius 1 is 1.23 bits per heavy atom. The highest BCUT2D eigenvalue weighted by atomic mass is 32.2. The molecule has 0 aliphatic carbocycles. The van der Waals surface area contributed by atoms with Gasteiger partial charge in [0.2, 0.25) is 5.91 Å². The SMILES string of the molecule is COc1ccc(-n2c(C)c(C)c(C#N)c2NC(=O)CSc2nc3ccccc3o2)cc1. The lowest BCUT2D eigenvalue weighted by Crippen LogP contribution is -2.17. The van der Waals surface area contributed by atoms with Crippen molar-refractivity contribution in [3.63, 3.8) is 0 Å². The maximum atomic E-state index is 12.7. The number of rotatable bonds is 6. The second-order valence-electron chi connectivity index (χ2n) is 6.86. The van der Waals surface area contributed by atoms with Gasteiger partial charge in [-0.25, -0.2) is 4.98 Å². The summed E-state index contributed by atoms with van der Waals surface area (Å²) in [5.41, 5.74) is 4.38. The summed E-state index contributed by atoms with van der Waals surface area (Å²) in [6.07, 6.45) is 0. The van der Waals surface area contributed by atoms with Gasteiger partial charge in [-0.1, -0.05) is 23.9 Å². The van der Waals surface area contributed by atoms with Gasteiger partial charge < -0.3 is 14.5 Å². The van der Waals surface area contributed by atoms with Crippen molar-refractivity contribution >= 4 is 34.6 Å². The van der Waals surface area contributed by atoms with Crippen LogP contribution in [-0.2, 0) is 4.79 Å². The number of nitriles is 1. The molecule has 0 aliphatic heterocycles. The van der Waals surface area contributed by atoms with Crippen molar-refractivity contribution in [2.75, 3.05) is 18.2 Å². The van der Waals surface area contributed by atoms with Crippen molar-refractivity contribution in [1.29, 1.82) is 5.26 Å². The van der Waals surface area contributed by atoms with Crippen molar-refractivity contribution in [3.05, 3.63) is 65.4 Å². The summed E-state index contributed by atoms with van der Waals surface area (Å²) in [6.45, 7) is 3.79. The number of nitrogens with zero attached hydrogens (tertiary/aromatic N) is 3. The average molecular weight is 433 g/mol. The van der Waals surface area contributed by atoms with Crippen molar-refractivity contribution in [2.45, 2.75) is 19.1 Å². The molecule has 7 nitrogen and oxygen atoms in total. The fourth-order valence-electron chi connectivity index (χ4n) is 3.32. The summed E-state index contributed by atoms with van der Waals surface area (Å²) >= 11 is 1.21. The topological polar surface area (TPSA) is 93.1 Å². The van der Waals surface area contributed by atoms with Gasteiger partial charge in [-0.3, -0.25) is 9.36 Å². The fraction of sp³-hybridized carbons (Fsp3) is 0.174. The van der Waals surface area contributed by atoms with Gasteiger partial charge in [-0.15, -0.1) is 0 Å². The van der Waals surface area contributed by atoms with Gasteiger partial charge in [0, 0.05) is 11.4 Å². The molecular weight excluding hydrogens is 412 g/mol. The molecule has 2 aromatic heterocycles. The van der Waals surface area contributed by atoms with Crippen LogP contribution in [0.25, 0.3) is 16.8 Å². The number of carbonyl (C=O) groups is 1. The number of ether oxygens (including phenoxy) is 1. The number of hydrogen-bond acceptors (Lipinski definition) is 6. The summed E-state index contributed by atoms with van der Waals surface area (Å²) in [4.78, 5) is 17.1. The van der Waals surface area contributed by atoms with Crippen LogP contribution >= 0.6 is 11.8 Å². The second kappa shape index (κ2) is 8.58. The van der Waals surface area contributed by atoms with Gasteiger partial charge in [0.1, 0.15) is 23.2 Å². The minimum atomic E-state index is -0.254. The van der Waals surface area contributed by atoms with E-state index in [1.165, 1.54) is 11.8 Å². The van der Waals surface area contributed by atoms with E-state index < -0.39 is 0 Å². The third-order valence-electron chi connectivity index (χ3n) is 5.01. The number of para-hydroxylation sites is 2. The highest BCUT2D eigenvalue weighted by Crippen LogP contribution is 2.31. The average Bonchev–Trinajstić information content (AvgIpc) is 3.31. The van der Waals surface area contributed by atoms with Crippen LogP contribution in [0.2, 0.25) is 0 Å². The number of carbonyl (C=O) groups excluding carboxylic acids is 1. The lowest BCUT2D eigenvalue weighted by molar-refractivity contribution is -0.113. The Morgan fingerprint density at radius 3 is 2.65 bits per heavy atom. The minimum absolute atomic E-state index is 0.101. The third kappa shape index (κ3) is 4.00. The molecule has 31 heavy (non-hydrogen) atoms. The number of oxazole rings is 1. The minimum Gasteiger partial charge on any atom is -0.497 e. The Balaban J connectivity index is 1.58. The molecule has 0 unspecified atom stereocenters. The van der Waals surface area contributed by atoms with Crippen LogP contribution in [0.3, 0.4) is 0 Å². The molecule has 0 spiro atoms. The Labute approximate surface area is 183 Å². The Bertz CT molecular complexity index is 1270. The van der Waals surface area contributed by atoms with E-state index in [0.717, 1.165) is 28.2 Å². The van der Waals surface area contributed by atoms with E-state index in [1.807, 2.05) is 66.9 Å². The molecule has 0 atom stereocenters. The Kier molecular flexibility index (Phi) is 5.69. The maximum Gasteiger partial charge on any atom is 0.257 e. The molecule has 0 fully saturated rings. The van der Waals surface area contributed by atoms with E-state index in [1.54, 1.807) is 7.11 Å². The standard InChI is InChI=1S/C23H20N4O3S/c1-14-15(2)27(16-8-10-17(29-3)11-9-16)22(18(14)12-24)26-21(28)13-31-23-25-19-6-4-5-7-20(19)30-23/h4-11H,13H2,1-3H3,(H,26,28). The monoisotopic (exact) mass is 432 g/mol.